The van der Waals surface area contributed by atoms with Crippen molar-refractivity contribution in [3.63, 3.8) is 0 Å². The van der Waals surface area contributed by atoms with Gasteiger partial charge in [-0.3, -0.25) is 0 Å². The summed E-state index contributed by atoms with van der Waals surface area (Å²) in [5.41, 5.74) is 8.00. The average molecular weight is 458 g/mol. The minimum Gasteiger partial charge on any atom is -0.368 e. The van der Waals surface area contributed by atoms with Crippen molar-refractivity contribution >= 4 is 46.4 Å². The summed E-state index contributed by atoms with van der Waals surface area (Å²) in [5.74, 6) is 0. The van der Waals surface area contributed by atoms with Crippen LogP contribution >= 0.6 is 35.3 Å². The fourth-order valence-corrected chi connectivity index (χ4v) is 9.65. The van der Waals surface area contributed by atoms with E-state index in [1.807, 2.05) is 42.4 Å². The highest BCUT2D eigenvalue weighted by atomic mass is 32.2. The first-order valence-electron chi connectivity index (χ1n) is 10.4. The van der Waals surface area contributed by atoms with Gasteiger partial charge in [-0.05, 0) is 28.8 Å². The fraction of sp³-hybridized carbons (Fsp3) is 0.154. The van der Waals surface area contributed by atoms with E-state index in [4.69, 9.17) is 4.74 Å². The van der Waals surface area contributed by atoms with Gasteiger partial charge in [-0.1, -0.05) is 90.3 Å². The highest BCUT2D eigenvalue weighted by Gasteiger charge is 2.59. The van der Waals surface area contributed by atoms with Crippen LogP contribution in [0.4, 0.5) is 0 Å². The second-order valence-electron chi connectivity index (χ2n) is 8.01. The summed E-state index contributed by atoms with van der Waals surface area (Å²) in [7, 11) is 1.88. The normalized spacial score (nSPS) is 27.4. The number of nitrogens with one attached hydrogen (secondary N) is 1. The molecular weight excluding hydrogens is 438 g/mol. The predicted molar refractivity (Wildman–Crippen MR) is 132 cm³/mol. The summed E-state index contributed by atoms with van der Waals surface area (Å²) in [5, 5.41) is 4.33. The van der Waals surface area contributed by atoms with Gasteiger partial charge < -0.3 is 10.1 Å². The standard InChI is InChI=1S/C26H19NOS3/c1-28-26-21(17-12-6-8-14-19(17)31-26)23-22(27-25(30-23)15-9-3-2-4-10-15)20-16-11-5-7-13-18(16)29-24(20)26/h2-14,24-25,27H,1H3/t24-,25?,26-/m1/s1. The summed E-state index contributed by atoms with van der Waals surface area (Å²) in [4.78, 5) is 3.59. The van der Waals surface area contributed by atoms with E-state index in [0.717, 1.165) is 0 Å². The number of ether oxygens (including phenoxy) is 1. The van der Waals surface area contributed by atoms with Crippen molar-refractivity contribution in [3.05, 3.63) is 106 Å². The van der Waals surface area contributed by atoms with Gasteiger partial charge in [0.2, 0.25) is 0 Å². The Morgan fingerprint density at radius 1 is 0.806 bits per heavy atom. The number of methoxy groups -OCH3 is 1. The van der Waals surface area contributed by atoms with Crippen LogP contribution in [0.5, 0.6) is 0 Å². The molecule has 0 aromatic heterocycles. The molecule has 7 rings (SSSR count). The van der Waals surface area contributed by atoms with Crippen LogP contribution in [0.2, 0.25) is 0 Å². The van der Waals surface area contributed by atoms with Gasteiger partial charge >= 0.3 is 0 Å². The number of hydrogen-bond acceptors (Lipinski definition) is 5. The molecule has 3 heterocycles. The Bertz CT molecular complexity index is 1300. The van der Waals surface area contributed by atoms with E-state index in [0.29, 0.717) is 0 Å². The Labute approximate surface area is 194 Å². The largest absolute Gasteiger partial charge is 0.368 e. The minimum atomic E-state index is -0.415. The maximum Gasteiger partial charge on any atom is 0.161 e. The molecule has 0 amide bonds. The van der Waals surface area contributed by atoms with Crippen LogP contribution in [-0.4, -0.2) is 17.3 Å². The molecule has 3 atom stereocenters. The van der Waals surface area contributed by atoms with E-state index in [2.05, 4.69) is 84.2 Å². The van der Waals surface area contributed by atoms with Gasteiger partial charge in [-0.2, -0.15) is 0 Å². The Morgan fingerprint density at radius 2 is 1.52 bits per heavy atom. The quantitative estimate of drug-likeness (QED) is 0.456. The Balaban J connectivity index is 1.52. The monoisotopic (exact) mass is 457 g/mol. The molecule has 1 unspecified atom stereocenters. The zero-order valence-corrected chi connectivity index (χ0v) is 19.2. The molecular formula is C26H19NOS3. The molecule has 1 N–H and O–H groups in total. The SMILES string of the molecule is CO[C@@]12Sc3ccccc3C1=C1SC(c3ccccc3)NC1=C1c3ccccc3S[C@H]12. The van der Waals surface area contributed by atoms with Gasteiger partial charge in [0.25, 0.3) is 0 Å². The predicted octanol–water partition coefficient (Wildman–Crippen LogP) is 6.78. The lowest BCUT2D eigenvalue weighted by molar-refractivity contribution is 0.129. The van der Waals surface area contributed by atoms with Crippen LogP contribution in [0.1, 0.15) is 22.1 Å². The van der Waals surface area contributed by atoms with Crippen LogP contribution in [0.15, 0.2) is 99.3 Å². The molecule has 3 aromatic carbocycles. The van der Waals surface area contributed by atoms with Crippen LogP contribution in [0.25, 0.3) is 11.1 Å². The number of fused-ring (bicyclic) bond motifs is 8. The zero-order chi connectivity index (χ0) is 20.6. The maximum atomic E-state index is 6.49. The first kappa shape index (κ1) is 18.5. The highest BCUT2D eigenvalue weighted by Crippen LogP contribution is 2.70. The Hall–Kier alpha value is -2.05. The molecule has 0 saturated carbocycles. The maximum absolute atomic E-state index is 6.49. The lowest BCUT2D eigenvalue weighted by Crippen LogP contribution is -2.41. The van der Waals surface area contributed by atoms with Gasteiger partial charge in [0.05, 0.1) is 10.9 Å². The first-order chi connectivity index (χ1) is 15.3. The molecule has 3 aromatic rings. The van der Waals surface area contributed by atoms with Gasteiger partial charge in [0.15, 0.2) is 4.93 Å². The second-order valence-corrected chi connectivity index (χ2v) is 11.5. The van der Waals surface area contributed by atoms with Crippen molar-refractivity contribution in [3.8, 4) is 0 Å². The third-order valence-electron chi connectivity index (χ3n) is 6.44. The van der Waals surface area contributed by atoms with Crippen LogP contribution < -0.4 is 5.32 Å². The summed E-state index contributed by atoms with van der Waals surface area (Å²) < 4.78 is 6.49. The number of benzene rings is 3. The Kier molecular flexibility index (Phi) is 4.02. The van der Waals surface area contributed by atoms with Crippen LogP contribution in [-0.2, 0) is 4.74 Å². The minimum absolute atomic E-state index is 0.204. The van der Waals surface area contributed by atoms with Gasteiger partial charge in [-0.25, -0.2) is 0 Å². The molecule has 0 radical (unpaired) electrons. The molecule has 1 fully saturated rings. The van der Waals surface area contributed by atoms with E-state index in [1.165, 1.54) is 48.2 Å². The third kappa shape index (κ3) is 2.43. The summed E-state index contributed by atoms with van der Waals surface area (Å²) >= 11 is 5.77. The molecule has 152 valence electrons. The van der Waals surface area contributed by atoms with E-state index in [9.17, 15) is 0 Å². The summed E-state index contributed by atoms with van der Waals surface area (Å²) in [6, 6.07) is 28.4. The smallest absolute Gasteiger partial charge is 0.161 e. The summed E-state index contributed by atoms with van der Waals surface area (Å²) in [6.07, 6.45) is 0. The molecule has 2 nitrogen and oxygen atoms in total. The van der Waals surface area contributed by atoms with Crippen LogP contribution in [0, 0.1) is 0 Å². The Morgan fingerprint density at radius 3 is 2.32 bits per heavy atom. The van der Waals surface area contributed by atoms with Gasteiger partial charge in [-0.15, -0.1) is 11.8 Å². The molecule has 4 aliphatic rings. The van der Waals surface area contributed by atoms with Crippen molar-refractivity contribution in [2.24, 2.45) is 0 Å². The molecule has 0 spiro atoms. The molecule has 31 heavy (non-hydrogen) atoms. The van der Waals surface area contributed by atoms with E-state index >= 15 is 0 Å². The number of thioether (sulfide) groups is 3. The lowest BCUT2D eigenvalue weighted by atomic mass is 9.85. The van der Waals surface area contributed by atoms with Gasteiger partial charge in [0, 0.05) is 33.0 Å². The molecule has 1 aliphatic carbocycles. The molecule has 0 bridgehead atoms. The lowest BCUT2D eigenvalue weighted by Gasteiger charge is -2.39. The van der Waals surface area contributed by atoms with E-state index in [1.54, 1.807) is 0 Å². The van der Waals surface area contributed by atoms with Crippen LogP contribution in [0.3, 0.4) is 0 Å². The number of hydrogen-bond donors (Lipinski definition) is 1. The molecule has 1 saturated heterocycles. The van der Waals surface area contributed by atoms with Crippen molar-refractivity contribution in [1.82, 2.24) is 5.32 Å². The van der Waals surface area contributed by atoms with Gasteiger partial charge in [0.1, 0.15) is 5.37 Å². The van der Waals surface area contributed by atoms with E-state index < -0.39 is 4.93 Å². The third-order valence-corrected chi connectivity index (χ3v) is 10.8. The van der Waals surface area contributed by atoms with Crippen molar-refractivity contribution in [2.75, 3.05) is 7.11 Å². The second kappa shape index (κ2) is 6.72. The zero-order valence-electron chi connectivity index (χ0n) is 16.8. The summed E-state index contributed by atoms with van der Waals surface area (Å²) in [6.45, 7) is 0. The molecule has 5 heteroatoms. The number of rotatable bonds is 2. The molecule has 3 aliphatic heterocycles. The fourth-order valence-electron chi connectivity index (χ4n) is 5.10. The average Bonchev–Trinajstić information content (AvgIpc) is 3.51. The van der Waals surface area contributed by atoms with Crippen molar-refractivity contribution in [2.45, 2.75) is 25.3 Å². The van der Waals surface area contributed by atoms with Crippen molar-refractivity contribution in [1.29, 1.82) is 0 Å². The highest BCUT2D eigenvalue weighted by molar-refractivity contribution is 8.06. The van der Waals surface area contributed by atoms with E-state index in [-0.39, 0.29) is 10.6 Å². The first-order valence-corrected chi connectivity index (χ1v) is 12.9. The van der Waals surface area contributed by atoms with Crippen molar-refractivity contribution < 1.29 is 4.74 Å². The topological polar surface area (TPSA) is 21.3 Å².